The van der Waals surface area contributed by atoms with E-state index in [2.05, 4.69) is 10.3 Å². The molecule has 0 spiro atoms. The van der Waals surface area contributed by atoms with Crippen LogP contribution in [0.4, 0.5) is 5.88 Å². The molecule has 1 rings (SSSR count). The third-order valence-electron chi connectivity index (χ3n) is 1.48. The number of nitrogens with zero attached hydrogens (tertiary/aromatic N) is 4. The van der Waals surface area contributed by atoms with Crippen molar-refractivity contribution in [2.75, 3.05) is 19.1 Å². The molecule has 78 valence electrons. The molecule has 1 heterocycles. The summed E-state index contributed by atoms with van der Waals surface area (Å²) in [4.78, 5) is 4.88. The fraction of sp³-hybridized carbons (Fsp3) is 0.571. The Balaban J connectivity index is 3.14. The summed E-state index contributed by atoms with van der Waals surface area (Å²) in [7, 11) is 3.44. The lowest BCUT2D eigenvalue weighted by molar-refractivity contribution is -0.760. The van der Waals surface area contributed by atoms with E-state index in [-0.39, 0.29) is 12.5 Å². The van der Waals surface area contributed by atoms with Crippen LogP contribution in [0.2, 0.25) is 0 Å². The van der Waals surface area contributed by atoms with Crippen LogP contribution in [0.5, 0.6) is 0 Å². The number of aliphatic imine (C=N–C) groups is 1. The molecule has 1 aromatic rings. The molecule has 1 aromatic heterocycles. The average molecular weight is 200 g/mol. The number of hydrogen-bond donors (Lipinski definition) is 1. The first kappa shape index (κ1) is 10.5. The lowest BCUT2D eigenvalue weighted by Crippen LogP contribution is -2.56. The molecule has 0 atom stereocenters. The van der Waals surface area contributed by atoms with Gasteiger partial charge in [-0.05, 0) is 12.8 Å². The number of aliphatic hydroxyl groups excluding tert-OH is 1. The van der Waals surface area contributed by atoms with Gasteiger partial charge in [0.25, 0.3) is 0 Å². The highest BCUT2D eigenvalue weighted by atomic mass is 16.5. The summed E-state index contributed by atoms with van der Waals surface area (Å²) >= 11 is 0. The molecule has 0 amide bonds. The van der Waals surface area contributed by atoms with E-state index in [1.165, 1.54) is 11.7 Å². The van der Waals surface area contributed by atoms with Gasteiger partial charge < -0.3 is 10.2 Å². The van der Waals surface area contributed by atoms with E-state index in [4.69, 9.17) is 9.63 Å². The van der Waals surface area contributed by atoms with Crippen molar-refractivity contribution in [2.45, 2.75) is 13.5 Å². The Labute approximate surface area is 80.8 Å². The largest absolute Gasteiger partial charge is 0.862 e. The maximum atomic E-state index is 10.7. The van der Waals surface area contributed by atoms with E-state index < -0.39 is 5.90 Å². The Hall–Kier alpha value is -1.63. The van der Waals surface area contributed by atoms with Gasteiger partial charge in [0.05, 0.1) is 18.9 Å². The van der Waals surface area contributed by atoms with E-state index in [1.807, 2.05) is 0 Å². The first-order chi connectivity index (χ1) is 6.56. The minimum absolute atomic E-state index is 0.0358. The highest BCUT2D eigenvalue weighted by Crippen LogP contribution is 2.13. The van der Waals surface area contributed by atoms with Crippen molar-refractivity contribution < 1.29 is 19.5 Å². The summed E-state index contributed by atoms with van der Waals surface area (Å²) in [5.74, 6) is -0.365. The standard InChI is InChI=1S/C7H12N4O3/c1-5(13)8-7-6(4-12)11(9-14-7)10(2)3/h12H,4H2,1-3H3. The number of aliphatic hydroxyl groups is 1. The molecule has 0 radical (unpaired) electrons. The fourth-order valence-electron chi connectivity index (χ4n) is 0.938. The minimum Gasteiger partial charge on any atom is -0.862 e. The molecular weight excluding hydrogens is 188 g/mol. The lowest BCUT2D eigenvalue weighted by atomic mass is 10.5. The van der Waals surface area contributed by atoms with Crippen LogP contribution in [0, 0.1) is 0 Å². The van der Waals surface area contributed by atoms with Crippen LogP contribution < -0.4 is 14.9 Å². The second kappa shape index (κ2) is 4.05. The van der Waals surface area contributed by atoms with Gasteiger partial charge in [0.1, 0.15) is 6.61 Å². The topological polar surface area (TPSA) is 88.8 Å². The molecular formula is C7H12N4O3. The van der Waals surface area contributed by atoms with Crippen LogP contribution in [-0.4, -0.2) is 30.4 Å². The second-order valence-electron chi connectivity index (χ2n) is 2.85. The highest BCUT2D eigenvalue weighted by Gasteiger charge is 2.25. The number of hydrogen-bond acceptors (Lipinski definition) is 6. The Morgan fingerprint density at radius 1 is 1.71 bits per heavy atom. The van der Waals surface area contributed by atoms with Crippen molar-refractivity contribution in [2.24, 2.45) is 4.99 Å². The van der Waals surface area contributed by atoms with Gasteiger partial charge in [-0.1, -0.05) is 0 Å². The zero-order chi connectivity index (χ0) is 10.7. The Kier molecular flexibility index (Phi) is 3.03. The van der Waals surface area contributed by atoms with Crippen LogP contribution in [0.1, 0.15) is 12.6 Å². The van der Waals surface area contributed by atoms with Crippen molar-refractivity contribution in [3.05, 3.63) is 5.69 Å². The average Bonchev–Trinajstić information content (AvgIpc) is 2.46. The molecule has 7 heteroatoms. The SMILES string of the molecule is C/C([O-])=N/c1on[n+](N(C)C)c1CO. The van der Waals surface area contributed by atoms with Gasteiger partial charge in [-0.2, -0.15) is 5.01 Å². The van der Waals surface area contributed by atoms with Crippen LogP contribution >= 0.6 is 0 Å². The molecule has 0 aliphatic rings. The van der Waals surface area contributed by atoms with Crippen LogP contribution in [0.25, 0.3) is 0 Å². The van der Waals surface area contributed by atoms with E-state index in [0.717, 1.165) is 0 Å². The van der Waals surface area contributed by atoms with Crippen LogP contribution in [-0.2, 0) is 6.61 Å². The normalized spacial score (nSPS) is 11.9. The quantitative estimate of drug-likeness (QED) is 0.348. The Morgan fingerprint density at radius 2 is 2.36 bits per heavy atom. The molecule has 0 bridgehead atoms. The smallest absolute Gasteiger partial charge is 0.335 e. The first-order valence-electron chi connectivity index (χ1n) is 3.98. The molecule has 14 heavy (non-hydrogen) atoms. The number of aromatic nitrogens is 2. The molecule has 0 aromatic carbocycles. The van der Waals surface area contributed by atoms with Crippen molar-refractivity contribution in [1.29, 1.82) is 0 Å². The van der Waals surface area contributed by atoms with Crippen LogP contribution in [0.15, 0.2) is 9.52 Å². The maximum absolute atomic E-state index is 10.7. The summed E-state index contributed by atoms with van der Waals surface area (Å²) in [6.45, 7) is 0.997. The summed E-state index contributed by atoms with van der Waals surface area (Å²) in [5, 5.41) is 24.9. The predicted octanol–water partition coefficient (Wildman–Crippen LogP) is -1.94. The van der Waals surface area contributed by atoms with E-state index >= 15 is 0 Å². The van der Waals surface area contributed by atoms with Gasteiger partial charge in [0.15, 0.2) is 0 Å². The van der Waals surface area contributed by atoms with Crippen molar-refractivity contribution >= 4 is 11.8 Å². The van der Waals surface area contributed by atoms with E-state index in [0.29, 0.717) is 5.69 Å². The minimum atomic E-state index is -0.401. The van der Waals surface area contributed by atoms with Gasteiger partial charge in [-0.15, -0.1) is 0 Å². The van der Waals surface area contributed by atoms with Crippen molar-refractivity contribution in [3.63, 3.8) is 0 Å². The lowest BCUT2D eigenvalue weighted by Gasteiger charge is -1.99. The summed E-state index contributed by atoms with van der Waals surface area (Å²) in [6, 6.07) is 0. The molecule has 0 fully saturated rings. The second-order valence-corrected chi connectivity index (χ2v) is 2.85. The third kappa shape index (κ3) is 1.99. The summed E-state index contributed by atoms with van der Waals surface area (Å²) in [5.41, 5.74) is 0.338. The van der Waals surface area contributed by atoms with Gasteiger partial charge in [-0.25, -0.2) is 4.99 Å². The molecule has 7 nitrogen and oxygen atoms in total. The zero-order valence-corrected chi connectivity index (χ0v) is 8.26. The Morgan fingerprint density at radius 3 is 2.79 bits per heavy atom. The summed E-state index contributed by atoms with van der Waals surface area (Å²) in [6.07, 6.45) is 0. The third-order valence-corrected chi connectivity index (χ3v) is 1.48. The summed E-state index contributed by atoms with van der Waals surface area (Å²) < 4.78 is 4.78. The fourth-order valence-corrected chi connectivity index (χ4v) is 0.938. The van der Waals surface area contributed by atoms with Gasteiger partial charge in [-0.3, -0.25) is 4.52 Å². The van der Waals surface area contributed by atoms with Gasteiger partial charge in [0.2, 0.25) is 5.27 Å². The van der Waals surface area contributed by atoms with E-state index in [1.54, 1.807) is 19.1 Å². The van der Waals surface area contributed by atoms with Crippen LogP contribution in [0.3, 0.4) is 0 Å². The monoisotopic (exact) mass is 200 g/mol. The molecule has 1 N–H and O–H groups in total. The van der Waals surface area contributed by atoms with Gasteiger partial charge >= 0.3 is 11.6 Å². The molecule has 0 saturated heterocycles. The van der Waals surface area contributed by atoms with Crippen molar-refractivity contribution in [1.82, 2.24) is 5.27 Å². The van der Waals surface area contributed by atoms with Crippen molar-refractivity contribution in [3.8, 4) is 0 Å². The first-order valence-corrected chi connectivity index (χ1v) is 3.98. The molecule has 0 unspecified atom stereocenters. The zero-order valence-electron chi connectivity index (χ0n) is 8.26. The van der Waals surface area contributed by atoms with E-state index in [9.17, 15) is 5.11 Å². The molecule has 0 aliphatic carbocycles. The molecule has 0 aliphatic heterocycles. The van der Waals surface area contributed by atoms with Gasteiger partial charge in [0, 0.05) is 0 Å². The number of rotatable bonds is 3. The molecule has 0 saturated carbocycles. The Bertz CT molecular complexity index is 341. The predicted molar refractivity (Wildman–Crippen MR) is 45.5 cm³/mol. The maximum Gasteiger partial charge on any atom is 0.335 e. The highest BCUT2D eigenvalue weighted by molar-refractivity contribution is 5.71.